The van der Waals surface area contributed by atoms with E-state index < -0.39 is 0 Å². The summed E-state index contributed by atoms with van der Waals surface area (Å²) in [5.41, 5.74) is 3.53. The van der Waals surface area contributed by atoms with Gasteiger partial charge in [0.25, 0.3) is 0 Å². The van der Waals surface area contributed by atoms with Crippen LogP contribution in [0.1, 0.15) is 43.9 Å². The number of nitrogens with zero attached hydrogens (tertiary/aromatic N) is 2. The molecule has 4 nitrogen and oxygen atoms in total. The highest BCUT2D eigenvalue weighted by molar-refractivity contribution is 5.84. The summed E-state index contributed by atoms with van der Waals surface area (Å²) < 4.78 is 0. The number of aromatic amines is 1. The van der Waals surface area contributed by atoms with Crippen LogP contribution in [-0.2, 0) is 11.3 Å². The minimum atomic E-state index is 0.235. The third-order valence-electron chi connectivity index (χ3n) is 5.43. The lowest BCUT2D eigenvalue weighted by molar-refractivity contribution is -0.130. The molecule has 1 fully saturated rings. The maximum absolute atomic E-state index is 12.5. The van der Waals surface area contributed by atoms with Crippen LogP contribution >= 0.6 is 0 Å². The van der Waals surface area contributed by atoms with E-state index in [9.17, 15) is 4.79 Å². The number of hydrogen-bond acceptors (Lipinski definition) is 2. The first kappa shape index (κ1) is 17.0. The molecule has 1 unspecified atom stereocenters. The molecular formula is C20H29N3O. The van der Waals surface area contributed by atoms with E-state index in [1.807, 2.05) is 18.0 Å². The molecule has 1 aromatic heterocycles. The molecular weight excluding hydrogens is 298 g/mol. The van der Waals surface area contributed by atoms with Crippen molar-refractivity contribution in [2.24, 2.45) is 0 Å². The number of rotatable bonds is 6. The average Bonchev–Trinajstić information content (AvgIpc) is 3.22. The van der Waals surface area contributed by atoms with Crippen LogP contribution in [0.2, 0.25) is 0 Å². The summed E-state index contributed by atoms with van der Waals surface area (Å²) in [5.74, 6) is 0.235. The standard InChI is InChI=1S/C20H29N3O/c1-15(23-12-6-7-13-23)10-11-20(24)22(3)14-19-16(2)17-8-4-5-9-18(17)21-19/h4-5,8-9,15,21H,6-7,10-14H2,1-3H3. The van der Waals surface area contributed by atoms with Gasteiger partial charge in [-0.05, 0) is 57.8 Å². The molecule has 1 aromatic carbocycles. The van der Waals surface area contributed by atoms with Gasteiger partial charge in [0.1, 0.15) is 0 Å². The van der Waals surface area contributed by atoms with E-state index in [4.69, 9.17) is 0 Å². The van der Waals surface area contributed by atoms with Gasteiger partial charge in [-0.2, -0.15) is 0 Å². The highest BCUT2D eigenvalue weighted by atomic mass is 16.2. The monoisotopic (exact) mass is 327 g/mol. The van der Waals surface area contributed by atoms with Crippen LogP contribution in [0.3, 0.4) is 0 Å². The van der Waals surface area contributed by atoms with Gasteiger partial charge in [-0.15, -0.1) is 0 Å². The Balaban J connectivity index is 1.56. The van der Waals surface area contributed by atoms with Crippen molar-refractivity contribution in [1.29, 1.82) is 0 Å². The summed E-state index contributed by atoms with van der Waals surface area (Å²) in [4.78, 5) is 20.3. The quantitative estimate of drug-likeness (QED) is 0.879. The first-order chi connectivity index (χ1) is 11.6. The number of carbonyl (C=O) groups is 1. The van der Waals surface area contributed by atoms with E-state index in [1.165, 1.54) is 36.9 Å². The number of fused-ring (bicyclic) bond motifs is 1. The maximum atomic E-state index is 12.5. The molecule has 24 heavy (non-hydrogen) atoms. The van der Waals surface area contributed by atoms with Gasteiger partial charge in [0, 0.05) is 36.1 Å². The number of carbonyl (C=O) groups excluding carboxylic acids is 1. The zero-order valence-electron chi connectivity index (χ0n) is 15.1. The van der Waals surface area contributed by atoms with E-state index >= 15 is 0 Å². The molecule has 1 amide bonds. The Morgan fingerprint density at radius 2 is 2.00 bits per heavy atom. The number of likely N-dealkylation sites (tertiary alicyclic amines) is 1. The summed E-state index contributed by atoms with van der Waals surface area (Å²) in [6.45, 7) is 7.42. The van der Waals surface area contributed by atoms with Crippen molar-refractivity contribution < 1.29 is 4.79 Å². The number of amides is 1. The summed E-state index contributed by atoms with van der Waals surface area (Å²) in [5, 5.41) is 1.25. The molecule has 1 N–H and O–H groups in total. The lowest BCUT2D eigenvalue weighted by atomic mass is 10.1. The minimum absolute atomic E-state index is 0.235. The fourth-order valence-electron chi connectivity index (χ4n) is 3.71. The topological polar surface area (TPSA) is 39.3 Å². The lowest BCUT2D eigenvalue weighted by Crippen LogP contribution is -2.32. The number of para-hydroxylation sites is 1. The van der Waals surface area contributed by atoms with E-state index in [-0.39, 0.29) is 5.91 Å². The number of H-pyrrole nitrogens is 1. The van der Waals surface area contributed by atoms with Gasteiger partial charge in [0.05, 0.1) is 6.54 Å². The molecule has 2 heterocycles. The summed E-state index contributed by atoms with van der Waals surface area (Å²) in [6, 6.07) is 8.83. The SMILES string of the molecule is Cc1c(CN(C)C(=O)CCC(C)N2CCCC2)[nH]c2ccccc12. The second-order valence-corrected chi connectivity index (χ2v) is 7.15. The van der Waals surface area contributed by atoms with Crippen molar-refractivity contribution in [3.05, 3.63) is 35.5 Å². The largest absolute Gasteiger partial charge is 0.357 e. The number of benzene rings is 1. The zero-order chi connectivity index (χ0) is 17.1. The number of aryl methyl sites for hydroxylation is 1. The van der Waals surface area contributed by atoms with Crippen LogP contribution in [0.25, 0.3) is 10.9 Å². The van der Waals surface area contributed by atoms with Crippen LogP contribution in [-0.4, -0.2) is 46.9 Å². The molecule has 1 atom stereocenters. The smallest absolute Gasteiger partial charge is 0.222 e. The molecule has 0 aliphatic carbocycles. The second-order valence-electron chi connectivity index (χ2n) is 7.15. The third kappa shape index (κ3) is 3.64. The van der Waals surface area contributed by atoms with Crippen molar-refractivity contribution in [3.63, 3.8) is 0 Å². The van der Waals surface area contributed by atoms with Crippen molar-refractivity contribution in [2.75, 3.05) is 20.1 Å². The zero-order valence-corrected chi connectivity index (χ0v) is 15.1. The highest BCUT2D eigenvalue weighted by Crippen LogP contribution is 2.22. The van der Waals surface area contributed by atoms with Crippen LogP contribution in [0.15, 0.2) is 24.3 Å². The molecule has 4 heteroatoms. The average molecular weight is 327 g/mol. The third-order valence-corrected chi connectivity index (χ3v) is 5.43. The molecule has 130 valence electrons. The fraction of sp³-hybridized carbons (Fsp3) is 0.550. The Labute approximate surface area is 144 Å². The molecule has 2 aromatic rings. The molecule has 0 spiro atoms. The minimum Gasteiger partial charge on any atom is -0.357 e. The van der Waals surface area contributed by atoms with E-state index in [1.54, 1.807) is 0 Å². The van der Waals surface area contributed by atoms with Crippen molar-refractivity contribution in [1.82, 2.24) is 14.8 Å². The molecule has 1 aliphatic heterocycles. The Kier molecular flexibility index (Phi) is 5.24. The van der Waals surface area contributed by atoms with Gasteiger partial charge < -0.3 is 14.8 Å². The summed E-state index contributed by atoms with van der Waals surface area (Å²) in [6.07, 6.45) is 4.19. The van der Waals surface area contributed by atoms with Gasteiger partial charge in [0.15, 0.2) is 0 Å². The number of aromatic nitrogens is 1. The summed E-state index contributed by atoms with van der Waals surface area (Å²) >= 11 is 0. The number of hydrogen-bond donors (Lipinski definition) is 1. The normalized spacial score (nSPS) is 16.6. The first-order valence-corrected chi connectivity index (χ1v) is 9.10. The Morgan fingerprint density at radius 1 is 1.29 bits per heavy atom. The number of nitrogens with one attached hydrogen (secondary N) is 1. The summed E-state index contributed by atoms with van der Waals surface area (Å²) in [7, 11) is 1.91. The van der Waals surface area contributed by atoms with Gasteiger partial charge >= 0.3 is 0 Å². The maximum Gasteiger partial charge on any atom is 0.222 e. The second kappa shape index (κ2) is 7.39. The molecule has 1 aliphatic rings. The van der Waals surface area contributed by atoms with E-state index in [0.29, 0.717) is 19.0 Å². The molecule has 0 saturated carbocycles. The first-order valence-electron chi connectivity index (χ1n) is 9.10. The van der Waals surface area contributed by atoms with Crippen LogP contribution in [0, 0.1) is 6.92 Å². The highest BCUT2D eigenvalue weighted by Gasteiger charge is 2.20. The fourth-order valence-corrected chi connectivity index (χ4v) is 3.71. The molecule has 0 bridgehead atoms. The molecule has 0 radical (unpaired) electrons. The van der Waals surface area contributed by atoms with Crippen molar-refractivity contribution in [2.45, 2.75) is 52.1 Å². The van der Waals surface area contributed by atoms with Crippen LogP contribution in [0.4, 0.5) is 0 Å². The van der Waals surface area contributed by atoms with Gasteiger partial charge in [-0.1, -0.05) is 18.2 Å². The van der Waals surface area contributed by atoms with Crippen LogP contribution in [0.5, 0.6) is 0 Å². The Bertz CT molecular complexity index is 700. The molecule has 3 rings (SSSR count). The van der Waals surface area contributed by atoms with Gasteiger partial charge in [-0.3, -0.25) is 4.79 Å². The lowest BCUT2D eigenvalue weighted by Gasteiger charge is -2.24. The van der Waals surface area contributed by atoms with Gasteiger partial charge in [-0.25, -0.2) is 0 Å². The Morgan fingerprint density at radius 3 is 2.71 bits per heavy atom. The molecule has 1 saturated heterocycles. The predicted octanol–water partition coefficient (Wildman–Crippen LogP) is 3.70. The van der Waals surface area contributed by atoms with E-state index in [0.717, 1.165) is 17.6 Å². The Hall–Kier alpha value is -1.81. The van der Waals surface area contributed by atoms with Crippen molar-refractivity contribution in [3.8, 4) is 0 Å². The van der Waals surface area contributed by atoms with Crippen molar-refractivity contribution >= 4 is 16.8 Å². The van der Waals surface area contributed by atoms with E-state index in [2.05, 4.69) is 41.9 Å². The van der Waals surface area contributed by atoms with Crippen LogP contribution < -0.4 is 0 Å². The predicted molar refractivity (Wildman–Crippen MR) is 99.0 cm³/mol. The van der Waals surface area contributed by atoms with Gasteiger partial charge in [0.2, 0.25) is 5.91 Å².